The number of benzene rings is 1. The van der Waals surface area contributed by atoms with Crippen LogP contribution >= 0.6 is 0 Å². The number of sulfonamides is 1. The average molecular weight is 448 g/mol. The second-order valence-electron chi connectivity index (χ2n) is 7.61. The highest BCUT2D eigenvalue weighted by atomic mass is 32.2. The monoisotopic (exact) mass is 447 g/mol. The number of rotatable bonds is 6. The molecule has 0 bridgehead atoms. The van der Waals surface area contributed by atoms with Crippen molar-refractivity contribution in [2.24, 2.45) is 0 Å². The Balaban J connectivity index is 1.63. The summed E-state index contributed by atoms with van der Waals surface area (Å²) in [6.45, 7) is 8.53. The molecule has 2 aromatic rings. The van der Waals surface area contributed by atoms with Crippen molar-refractivity contribution in [3.63, 3.8) is 0 Å². The van der Waals surface area contributed by atoms with Crippen LogP contribution in [0.5, 0.6) is 0 Å². The highest BCUT2D eigenvalue weighted by Crippen LogP contribution is 2.24. The van der Waals surface area contributed by atoms with Gasteiger partial charge in [0.2, 0.25) is 15.9 Å². The van der Waals surface area contributed by atoms with Gasteiger partial charge in [0.05, 0.1) is 11.4 Å². The normalized spacial score (nSPS) is 16.2. The Hall–Kier alpha value is -2.72. The van der Waals surface area contributed by atoms with E-state index in [4.69, 9.17) is 0 Å². The molecule has 1 aliphatic heterocycles. The molecule has 1 aliphatic rings. The third-order valence-corrected chi connectivity index (χ3v) is 7.67. The van der Waals surface area contributed by atoms with Crippen LogP contribution in [0.4, 0.5) is 0 Å². The quantitative estimate of drug-likeness (QED) is 0.716. The summed E-state index contributed by atoms with van der Waals surface area (Å²) >= 11 is 0. The summed E-state index contributed by atoms with van der Waals surface area (Å²) < 4.78 is 29.4. The van der Waals surface area contributed by atoms with E-state index in [1.165, 1.54) is 4.31 Å². The van der Waals surface area contributed by atoms with Crippen LogP contribution in [0.25, 0.3) is 0 Å². The number of aromatic nitrogens is 2. The number of carbonyl (C=O) groups is 2. The second-order valence-corrected chi connectivity index (χ2v) is 9.48. The summed E-state index contributed by atoms with van der Waals surface area (Å²) in [6.07, 6.45) is 0. The maximum atomic E-state index is 13.2. The number of aryl methyl sites for hydroxylation is 2. The largest absolute Gasteiger partial charge is 0.341 e. The SMILES string of the molecule is CCn1nc(C)c(S(=O)(=O)N2CCN(C(=O)[C@@H](C)NC(=O)c3ccccc3)CC2)c1C. The van der Waals surface area contributed by atoms with E-state index >= 15 is 0 Å². The number of nitrogens with one attached hydrogen (secondary N) is 1. The molecule has 2 amide bonds. The first-order chi connectivity index (χ1) is 14.7. The van der Waals surface area contributed by atoms with E-state index < -0.39 is 16.1 Å². The molecule has 0 radical (unpaired) electrons. The summed E-state index contributed by atoms with van der Waals surface area (Å²) in [7, 11) is -3.69. The van der Waals surface area contributed by atoms with Crippen molar-refractivity contribution < 1.29 is 18.0 Å². The van der Waals surface area contributed by atoms with Gasteiger partial charge in [-0.15, -0.1) is 0 Å². The van der Waals surface area contributed by atoms with Crippen molar-refractivity contribution in [2.75, 3.05) is 26.2 Å². The van der Waals surface area contributed by atoms with Gasteiger partial charge in [-0.25, -0.2) is 8.42 Å². The van der Waals surface area contributed by atoms with Gasteiger partial charge in [-0.05, 0) is 39.8 Å². The number of hydrogen-bond acceptors (Lipinski definition) is 5. The van der Waals surface area contributed by atoms with Crippen LogP contribution in [-0.2, 0) is 21.4 Å². The molecule has 2 heterocycles. The van der Waals surface area contributed by atoms with Crippen LogP contribution in [-0.4, -0.2) is 71.4 Å². The first-order valence-electron chi connectivity index (χ1n) is 10.4. The summed E-state index contributed by atoms with van der Waals surface area (Å²) in [5, 5.41) is 7.03. The fraction of sp³-hybridized carbons (Fsp3) is 0.476. The Morgan fingerprint density at radius 3 is 2.26 bits per heavy atom. The van der Waals surface area contributed by atoms with Crippen LogP contribution < -0.4 is 5.32 Å². The van der Waals surface area contributed by atoms with Crippen LogP contribution in [0.15, 0.2) is 35.2 Å². The molecule has 31 heavy (non-hydrogen) atoms. The van der Waals surface area contributed by atoms with Gasteiger partial charge >= 0.3 is 0 Å². The second kappa shape index (κ2) is 9.19. The fourth-order valence-corrected chi connectivity index (χ4v) is 5.64. The van der Waals surface area contributed by atoms with Gasteiger partial charge < -0.3 is 10.2 Å². The molecule has 3 rings (SSSR count). The molecular weight excluding hydrogens is 418 g/mol. The molecule has 1 fully saturated rings. The van der Waals surface area contributed by atoms with Crippen LogP contribution in [0, 0.1) is 13.8 Å². The third-order valence-electron chi connectivity index (χ3n) is 5.52. The molecule has 0 spiro atoms. The number of carbonyl (C=O) groups excluding carboxylic acids is 2. The molecule has 1 saturated heterocycles. The molecule has 0 saturated carbocycles. The lowest BCUT2D eigenvalue weighted by atomic mass is 10.2. The van der Waals surface area contributed by atoms with Crippen molar-refractivity contribution in [2.45, 2.75) is 45.2 Å². The molecule has 1 aromatic heterocycles. The van der Waals surface area contributed by atoms with Gasteiger partial charge in [0.1, 0.15) is 10.9 Å². The number of piperazine rings is 1. The van der Waals surface area contributed by atoms with Crippen LogP contribution in [0.3, 0.4) is 0 Å². The summed E-state index contributed by atoms with van der Waals surface area (Å²) in [5.41, 5.74) is 1.59. The van der Waals surface area contributed by atoms with Crippen molar-refractivity contribution >= 4 is 21.8 Å². The van der Waals surface area contributed by atoms with E-state index in [1.807, 2.05) is 13.0 Å². The average Bonchev–Trinajstić information content (AvgIpc) is 3.07. The molecule has 0 unspecified atom stereocenters. The number of amides is 2. The van der Waals surface area contributed by atoms with Crippen molar-refractivity contribution in [1.29, 1.82) is 0 Å². The minimum atomic E-state index is -3.69. The zero-order valence-electron chi connectivity index (χ0n) is 18.3. The van der Waals surface area contributed by atoms with Crippen molar-refractivity contribution in [3.8, 4) is 0 Å². The first-order valence-corrected chi connectivity index (χ1v) is 11.8. The minimum absolute atomic E-state index is 0.198. The Morgan fingerprint density at radius 1 is 1.10 bits per heavy atom. The third kappa shape index (κ3) is 4.64. The Bertz CT molecular complexity index is 1060. The van der Waals surface area contributed by atoms with E-state index in [2.05, 4.69) is 10.4 Å². The Morgan fingerprint density at radius 2 is 1.71 bits per heavy atom. The molecule has 1 atom stereocenters. The smallest absolute Gasteiger partial charge is 0.251 e. The van der Waals surface area contributed by atoms with E-state index in [1.54, 1.807) is 54.6 Å². The van der Waals surface area contributed by atoms with E-state index in [9.17, 15) is 18.0 Å². The maximum Gasteiger partial charge on any atom is 0.251 e. The van der Waals surface area contributed by atoms with Gasteiger partial charge in [0.25, 0.3) is 5.91 Å². The molecule has 168 valence electrons. The van der Waals surface area contributed by atoms with E-state index in [-0.39, 0.29) is 42.9 Å². The zero-order valence-corrected chi connectivity index (χ0v) is 19.1. The highest BCUT2D eigenvalue weighted by molar-refractivity contribution is 7.89. The first kappa shape index (κ1) is 23.0. The van der Waals surface area contributed by atoms with E-state index in [0.29, 0.717) is 23.5 Å². The standard InChI is InChI=1S/C21H29N5O4S/c1-5-26-17(4)19(15(2)23-26)31(29,30)25-13-11-24(12-14-25)21(28)16(3)22-20(27)18-9-7-6-8-10-18/h6-10,16H,5,11-14H2,1-4H3,(H,22,27)/t16-/m1/s1. The lowest BCUT2D eigenvalue weighted by Gasteiger charge is -2.35. The summed E-state index contributed by atoms with van der Waals surface area (Å²) in [4.78, 5) is 26.9. The molecule has 0 aliphatic carbocycles. The summed E-state index contributed by atoms with van der Waals surface area (Å²) in [6, 6.07) is 7.99. The van der Waals surface area contributed by atoms with Gasteiger partial charge in [-0.2, -0.15) is 9.40 Å². The number of nitrogens with zero attached hydrogens (tertiary/aromatic N) is 4. The molecule has 1 aromatic carbocycles. The van der Waals surface area contributed by atoms with Gasteiger partial charge in [0, 0.05) is 38.3 Å². The molecule has 9 nitrogen and oxygen atoms in total. The van der Waals surface area contributed by atoms with Gasteiger partial charge in [0.15, 0.2) is 0 Å². The molecular formula is C21H29N5O4S. The van der Waals surface area contributed by atoms with Gasteiger partial charge in [-0.1, -0.05) is 18.2 Å². The highest BCUT2D eigenvalue weighted by Gasteiger charge is 2.35. The van der Waals surface area contributed by atoms with Crippen molar-refractivity contribution in [1.82, 2.24) is 24.3 Å². The molecule has 1 N–H and O–H groups in total. The number of hydrogen-bond donors (Lipinski definition) is 1. The van der Waals surface area contributed by atoms with E-state index in [0.717, 1.165) is 0 Å². The Labute approximate surface area is 183 Å². The minimum Gasteiger partial charge on any atom is -0.341 e. The fourth-order valence-electron chi connectivity index (χ4n) is 3.84. The molecule has 10 heteroatoms. The topological polar surface area (TPSA) is 105 Å². The van der Waals surface area contributed by atoms with Gasteiger partial charge in [-0.3, -0.25) is 14.3 Å². The van der Waals surface area contributed by atoms with Crippen molar-refractivity contribution in [3.05, 3.63) is 47.3 Å². The Kier molecular flexibility index (Phi) is 6.80. The maximum absolute atomic E-state index is 13.2. The predicted molar refractivity (Wildman–Crippen MR) is 116 cm³/mol. The van der Waals surface area contributed by atoms with Crippen LogP contribution in [0.1, 0.15) is 35.6 Å². The summed E-state index contributed by atoms with van der Waals surface area (Å²) in [5.74, 6) is -0.547. The lowest BCUT2D eigenvalue weighted by Crippen LogP contribution is -2.55. The van der Waals surface area contributed by atoms with Crippen LogP contribution in [0.2, 0.25) is 0 Å². The predicted octanol–water partition coefficient (Wildman–Crippen LogP) is 1.17. The zero-order chi connectivity index (χ0) is 22.8. The lowest BCUT2D eigenvalue weighted by molar-refractivity contribution is -0.134.